The van der Waals surface area contributed by atoms with E-state index >= 15 is 0 Å². The van der Waals surface area contributed by atoms with Gasteiger partial charge < -0.3 is 9.80 Å². The van der Waals surface area contributed by atoms with Crippen LogP contribution < -0.4 is 0 Å². The zero-order valence-electron chi connectivity index (χ0n) is 11.1. The Labute approximate surface area is 104 Å². The van der Waals surface area contributed by atoms with Crippen molar-refractivity contribution in [2.24, 2.45) is 0 Å². The number of carbonyl (C=O) groups is 1. The molecule has 2 fully saturated rings. The van der Waals surface area contributed by atoms with Crippen LogP contribution in [0.1, 0.15) is 38.5 Å². The maximum Gasteiger partial charge on any atom is 0.246 e. The number of amides is 1. The van der Waals surface area contributed by atoms with Crippen LogP contribution in [0.3, 0.4) is 0 Å². The Bertz CT molecular complexity index is 277. The number of carbonyl (C=O) groups excluding carboxylic acids is 1. The molecule has 2 aliphatic carbocycles. The average Bonchev–Trinajstić information content (AvgIpc) is 2.10. The molecular formula is C14H24N2O. The highest BCUT2D eigenvalue weighted by Crippen LogP contribution is 2.33. The van der Waals surface area contributed by atoms with Crippen LogP contribution in [-0.4, -0.2) is 48.4 Å². The molecule has 96 valence electrons. The molecule has 0 heterocycles. The summed E-state index contributed by atoms with van der Waals surface area (Å²) in [5.41, 5.74) is 0. The SMILES string of the molecule is CN(C)CC=CC(=O)N(C1CCC1)C1CCC1. The third-order valence-electron chi connectivity index (χ3n) is 3.92. The maximum absolute atomic E-state index is 12.2. The summed E-state index contributed by atoms with van der Waals surface area (Å²) < 4.78 is 0. The topological polar surface area (TPSA) is 23.6 Å². The summed E-state index contributed by atoms with van der Waals surface area (Å²) in [5, 5.41) is 0. The number of nitrogens with zero attached hydrogens (tertiary/aromatic N) is 2. The predicted octanol–water partition coefficient (Wildman–Crippen LogP) is 2.04. The van der Waals surface area contributed by atoms with Gasteiger partial charge in [0.2, 0.25) is 5.91 Å². The molecular weight excluding hydrogens is 212 g/mol. The summed E-state index contributed by atoms with van der Waals surface area (Å²) in [5.74, 6) is 0.237. The van der Waals surface area contributed by atoms with Crippen LogP contribution >= 0.6 is 0 Å². The lowest BCUT2D eigenvalue weighted by Gasteiger charge is -2.45. The second-order valence-corrected chi connectivity index (χ2v) is 5.58. The zero-order chi connectivity index (χ0) is 12.3. The molecule has 0 unspecified atom stereocenters. The molecule has 0 aromatic heterocycles. The normalized spacial score (nSPS) is 21.6. The van der Waals surface area contributed by atoms with Gasteiger partial charge in [-0.25, -0.2) is 0 Å². The fourth-order valence-corrected chi connectivity index (χ4v) is 2.44. The number of rotatable bonds is 5. The van der Waals surface area contributed by atoms with Gasteiger partial charge in [-0.3, -0.25) is 4.79 Å². The molecule has 0 aliphatic heterocycles. The van der Waals surface area contributed by atoms with Crippen LogP contribution in [0.2, 0.25) is 0 Å². The minimum Gasteiger partial charge on any atom is -0.333 e. The Morgan fingerprint density at radius 3 is 2.00 bits per heavy atom. The van der Waals surface area contributed by atoms with Crippen molar-refractivity contribution in [1.29, 1.82) is 0 Å². The van der Waals surface area contributed by atoms with Gasteiger partial charge in [0.1, 0.15) is 0 Å². The molecule has 0 aromatic rings. The Balaban J connectivity index is 1.90. The van der Waals surface area contributed by atoms with Crippen molar-refractivity contribution < 1.29 is 4.79 Å². The molecule has 0 atom stereocenters. The van der Waals surface area contributed by atoms with Gasteiger partial charge in [0, 0.05) is 24.7 Å². The Kier molecular flexibility index (Phi) is 4.21. The zero-order valence-corrected chi connectivity index (χ0v) is 11.1. The van der Waals surface area contributed by atoms with Gasteiger partial charge in [0.15, 0.2) is 0 Å². The van der Waals surface area contributed by atoms with Gasteiger partial charge in [-0.15, -0.1) is 0 Å². The van der Waals surface area contributed by atoms with Crippen LogP contribution in [0.15, 0.2) is 12.2 Å². The van der Waals surface area contributed by atoms with Crippen molar-refractivity contribution in [1.82, 2.24) is 9.80 Å². The highest BCUT2D eigenvalue weighted by atomic mass is 16.2. The third-order valence-corrected chi connectivity index (χ3v) is 3.92. The van der Waals surface area contributed by atoms with Gasteiger partial charge in [-0.1, -0.05) is 6.08 Å². The first-order chi connectivity index (χ1) is 8.18. The number of hydrogen-bond donors (Lipinski definition) is 0. The minimum absolute atomic E-state index is 0.237. The summed E-state index contributed by atoms with van der Waals surface area (Å²) in [6.45, 7) is 0.842. The molecule has 2 saturated carbocycles. The fourth-order valence-electron chi connectivity index (χ4n) is 2.44. The highest BCUT2D eigenvalue weighted by molar-refractivity contribution is 5.88. The molecule has 0 aromatic carbocycles. The fraction of sp³-hybridized carbons (Fsp3) is 0.786. The largest absolute Gasteiger partial charge is 0.333 e. The van der Waals surface area contributed by atoms with E-state index in [9.17, 15) is 4.79 Å². The maximum atomic E-state index is 12.2. The van der Waals surface area contributed by atoms with Gasteiger partial charge in [0.25, 0.3) is 0 Å². The van der Waals surface area contributed by atoms with E-state index in [2.05, 4.69) is 9.80 Å². The van der Waals surface area contributed by atoms with E-state index in [0.29, 0.717) is 12.1 Å². The lowest BCUT2D eigenvalue weighted by Crippen LogP contribution is -2.52. The van der Waals surface area contributed by atoms with E-state index in [1.165, 1.54) is 38.5 Å². The van der Waals surface area contributed by atoms with E-state index < -0.39 is 0 Å². The highest BCUT2D eigenvalue weighted by Gasteiger charge is 2.35. The van der Waals surface area contributed by atoms with Gasteiger partial charge in [0.05, 0.1) is 0 Å². The van der Waals surface area contributed by atoms with E-state index in [0.717, 1.165) is 6.54 Å². The van der Waals surface area contributed by atoms with Crippen LogP contribution in [0.5, 0.6) is 0 Å². The van der Waals surface area contributed by atoms with Crippen LogP contribution in [-0.2, 0) is 4.79 Å². The second kappa shape index (κ2) is 5.67. The quantitative estimate of drug-likeness (QED) is 0.682. The first-order valence-electron chi connectivity index (χ1n) is 6.82. The van der Waals surface area contributed by atoms with Crippen molar-refractivity contribution in [3.63, 3.8) is 0 Å². The van der Waals surface area contributed by atoms with E-state index in [4.69, 9.17) is 0 Å². The summed E-state index contributed by atoms with van der Waals surface area (Å²) in [4.78, 5) is 16.4. The Hall–Kier alpha value is -0.830. The summed E-state index contributed by atoms with van der Waals surface area (Å²) >= 11 is 0. The number of hydrogen-bond acceptors (Lipinski definition) is 2. The molecule has 0 spiro atoms. The molecule has 0 saturated heterocycles. The van der Waals surface area contributed by atoms with Crippen LogP contribution in [0, 0.1) is 0 Å². The Morgan fingerprint density at radius 1 is 1.12 bits per heavy atom. The monoisotopic (exact) mass is 236 g/mol. The van der Waals surface area contributed by atoms with Crippen molar-refractivity contribution in [3.8, 4) is 0 Å². The molecule has 1 amide bonds. The van der Waals surface area contributed by atoms with E-state index in [-0.39, 0.29) is 5.91 Å². The standard InChI is InChI=1S/C14H24N2O/c1-15(2)11-5-10-14(17)16(12-6-3-7-12)13-8-4-9-13/h5,10,12-13H,3-4,6-9,11H2,1-2H3. The molecule has 0 radical (unpaired) electrons. The molecule has 17 heavy (non-hydrogen) atoms. The van der Waals surface area contributed by atoms with Crippen molar-refractivity contribution in [2.75, 3.05) is 20.6 Å². The van der Waals surface area contributed by atoms with Gasteiger partial charge in [-0.05, 0) is 52.6 Å². The number of likely N-dealkylation sites (N-methyl/N-ethyl adjacent to an activating group) is 1. The Morgan fingerprint density at radius 2 is 1.65 bits per heavy atom. The first kappa shape index (κ1) is 12.6. The summed E-state index contributed by atoms with van der Waals surface area (Å²) in [7, 11) is 4.04. The molecule has 3 heteroatoms. The molecule has 0 N–H and O–H groups in total. The summed E-state index contributed by atoms with van der Waals surface area (Å²) in [6, 6.07) is 1.08. The first-order valence-corrected chi connectivity index (χ1v) is 6.82. The van der Waals surface area contributed by atoms with Crippen LogP contribution in [0.25, 0.3) is 0 Å². The lowest BCUT2D eigenvalue weighted by atomic mass is 9.84. The smallest absolute Gasteiger partial charge is 0.246 e. The van der Waals surface area contributed by atoms with E-state index in [1.807, 2.05) is 20.2 Å². The van der Waals surface area contributed by atoms with Crippen molar-refractivity contribution in [3.05, 3.63) is 12.2 Å². The third kappa shape index (κ3) is 3.09. The van der Waals surface area contributed by atoms with Gasteiger partial charge >= 0.3 is 0 Å². The predicted molar refractivity (Wildman–Crippen MR) is 69.8 cm³/mol. The summed E-state index contributed by atoms with van der Waals surface area (Å²) in [6.07, 6.45) is 11.2. The van der Waals surface area contributed by atoms with Gasteiger partial charge in [-0.2, -0.15) is 0 Å². The van der Waals surface area contributed by atoms with Crippen molar-refractivity contribution >= 4 is 5.91 Å². The molecule has 2 aliphatic rings. The van der Waals surface area contributed by atoms with E-state index in [1.54, 1.807) is 6.08 Å². The second-order valence-electron chi connectivity index (χ2n) is 5.58. The average molecular weight is 236 g/mol. The molecule has 3 nitrogen and oxygen atoms in total. The lowest BCUT2D eigenvalue weighted by molar-refractivity contribution is -0.135. The van der Waals surface area contributed by atoms with Crippen molar-refractivity contribution in [2.45, 2.75) is 50.6 Å². The molecule has 2 rings (SSSR count). The minimum atomic E-state index is 0.237. The van der Waals surface area contributed by atoms with Crippen LogP contribution in [0.4, 0.5) is 0 Å². The molecule has 0 bridgehead atoms.